The van der Waals surface area contributed by atoms with Crippen LogP contribution in [0.15, 0.2) is 35.4 Å². The molecule has 0 amide bonds. The summed E-state index contributed by atoms with van der Waals surface area (Å²) in [6.07, 6.45) is 8.15. The standard InChI is InChI=1S/C14H20N4O/c1-3-5-15-14-8-16-13(7-17-14)10-18(2)9-12-4-6-19-11-12/h4,6-8,11H,3,5,9-10H2,1-2H3,(H,15,17). The van der Waals surface area contributed by atoms with Crippen molar-refractivity contribution in [3.05, 3.63) is 42.2 Å². The van der Waals surface area contributed by atoms with Crippen LogP contribution in [0.4, 0.5) is 5.82 Å². The van der Waals surface area contributed by atoms with Gasteiger partial charge in [-0.1, -0.05) is 6.92 Å². The van der Waals surface area contributed by atoms with Gasteiger partial charge in [0, 0.05) is 25.2 Å². The molecule has 2 aromatic rings. The lowest BCUT2D eigenvalue weighted by Gasteiger charge is -2.14. The summed E-state index contributed by atoms with van der Waals surface area (Å²) in [6.45, 7) is 4.66. The first-order chi connectivity index (χ1) is 9.28. The van der Waals surface area contributed by atoms with E-state index in [1.54, 1.807) is 18.7 Å². The summed E-state index contributed by atoms with van der Waals surface area (Å²) in [5.74, 6) is 0.836. The van der Waals surface area contributed by atoms with Crippen LogP contribution in [0.25, 0.3) is 0 Å². The molecule has 0 aromatic carbocycles. The van der Waals surface area contributed by atoms with Gasteiger partial charge in [-0.25, -0.2) is 4.98 Å². The van der Waals surface area contributed by atoms with Gasteiger partial charge in [-0.15, -0.1) is 0 Å². The van der Waals surface area contributed by atoms with Crippen LogP contribution in [0, 0.1) is 0 Å². The number of nitrogens with zero attached hydrogens (tertiary/aromatic N) is 3. The molecule has 0 saturated carbocycles. The zero-order valence-electron chi connectivity index (χ0n) is 11.5. The van der Waals surface area contributed by atoms with Gasteiger partial charge < -0.3 is 9.73 Å². The minimum Gasteiger partial charge on any atom is -0.472 e. The van der Waals surface area contributed by atoms with E-state index in [2.05, 4.69) is 34.2 Å². The van der Waals surface area contributed by atoms with Crippen molar-refractivity contribution >= 4 is 5.82 Å². The van der Waals surface area contributed by atoms with Crippen molar-refractivity contribution in [2.24, 2.45) is 0 Å². The molecule has 0 unspecified atom stereocenters. The second-order valence-electron chi connectivity index (χ2n) is 4.62. The normalized spacial score (nSPS) is 10.9. The van der Waals surface area contributed by atoms with Gasteiger partial charge in [0.2, 0.25) is 0 Å². The van der Waals surface area contributed by atoms with Gasteiger partial charge in [0.15, 0.2) is 0 Å². The molecule has 0 spiro atoms. The van der Waals surface area contributed by atoms with Crippen molar-refractivity contribution < 1.29 is 4.42 Å². The molecule has 0 aliphatic carbocycles. The second-order valence-corrected chi connectivity index (χ2v) is 4.62. The van der Waals surface area contributed by atoms with Crippen LogP contribution in [-0.2, 0) is 13.1 Å². The number of rotatable bonds is 7. The zero-order chi connectivity index (χ0) is 13.5. The number of nitrogens with one attached hydrogen (secondary N) is 1. The average molecular weight is 260 g/mol. The van der Waals surface area contributed by atoms with E-state index in [1.165, 1.54) is 0 Å². The molecule has 0 radical (unpaired) electrons. The Labute approximate surface area is 113 Å². The highest BCUT2D eigenvalue weighted by atomic mass is 16.3. The number of hydrogen-bond acceptors (Lipinski definition) is 5. The Kier molecular flexibility index (Phi) is 4.92. The Morgan fingerprint density at radius 1 is 1.26 bits per heavy atom. The summed E-state index contributed by atoms with van der Waals surface area (Å²) in [6, 6.07) is 1.97. The first kappa shape index (κ1) is 13.5. The second kappa shape index (κ2) is 6.89. The summed E-state index contributed by atoms with van der Waals surface area (Å²) in [5, 5.41) is 3.21. The Hall–Kier alpha value is -1.88. The van der Waals surface area contributed by atoms with Gasteiger partial charge in [0.05, 0.1) is 30.6 Å². The first-order valence-corrected chi connectivity index (χ1v) is 6.52. The van der Waals surface area contributed by atoms with Crippen molar-refractivity contribution in [3.8, 4) is 0 Å². The van der Waals surface area contributed by atoms with Crippen LogP contribution in [0.1, 0.15) is 24.6 Å². The van der Waals surface area contributed by atoms with Crippen molar-refractivity contribution in [1.29, 1.82) is 0 Å². The predicted molar refractivity (Wildman–Crippen MR) is 74.7 cm³/mol. The summed E-state index contributed by atoms with van der Waals surface area (Å²) in [4.78, 5) is 10.9. The van der Waals surface area contributed by atoms with Crippen LogP contribution < -0.4 is 5.32 Å². The Morgan fingerprint density at radius 2 is 2.16 bits per heavy atom. The molecule has 0 aliphatic heterocycles. The minimum atomic E-state index is 0.770. The maximum absolute atomic E-state index is 5.06. The summed E-state index contributed by atoms with van der Waals surface area (Å²) >= 11 is 0. The Balaban J connectivity index is 1.84. The van der Waals surface area contributed by atoms with E-state index >= 15 is 0 Å². The van der Waals surface area contributed by atoms with E-state index in [4.69, 9.17) is 4.42 Å². The lowest BCUT2D eigenvalue weighted by molar-refractivity contribution is 0.313. The Bertz CT molecular complexity index is 467. The van der Waals surface area contributed by atoms with Crippen LogP contribution in [0.5, 0.6) is 0 Å². The highest BCUT2D eigenvalue weighted by Gasteiger charge is 2.04. The quantitative estimate of drug-likeness (QED) is 0.829. The van der Waals surface area contributed by atoms with Gasteiger partial charge in [-0.3, -0.25) is 9.88 Å². The maximum Gasteiger partial charge on any atom is 0.144 e. The van der Waals surface area contributed by atoms with Crippen molar-refractivity contribution in [3.63, 3.8) is 0 Å². The van der Waals surface area contributed by atoms with E-state index in [-0.39, 0.29) is 0 Å². The summed E-state index contributed by atoms with van der Waals surface area (Å²) < 4.78 is 5.06. The smallest absolute Gasteiger partial charge is 0.144 e. The molecule has 0 aliphatic rings. The third kappa shape index (κ3) is 4.37. The molecule has 5 heteroatoms. The molecular weight excluding hydrogens is 240 g/mol. The summed E-state index contributed by atoms with van der Waals surface area (Å²) in [5.41, 5.74) is 2.13. The van der Waals surface area contributed by atoms with Crippen molar-refractivity contribution in [2.45, 2.75) is 26.4 Å². The molecule has 0 atom stereocenters. The molecule has 2 heterocycles. The minimum absolute atomic E-state index is 0.770. The topological polar surface area (TPSA) is 54.2 Å². The highest BCUT2D eigenvalue weighted by molar-refractivity contribution is 5.30. The molecule has 1 N–H and O–H groups in total. The third-order valence-corrected chi connectivity index (χ3v) is 2.73. The van der Waals surface area contributed by atoms with Crippen LogP contribution in [0.2, 0.25) is 0 Å². The van der Waals surface area contributed by atoms with Crippen molar-refractivity contribution in [1.82, 2.24) is 14.9 Å². The van der Waals surface area contributed by atoms with Gasteiger partial charge in [-0.2, -0.15) is 0 Å². The first-order valence-electron chi connectivity index (χ1n) is 6.52. The van der Waals surface area contributed by atoms with Gasteiger partial charge in [0.1, 0.15) is 5.82 Å². The van der Waals surface area contributed by atoms with Crippen molar-refractivity contribution in [2.75, 3.05) is 18.9 Å². The van der Waals surface area contributed by atoms with Gasteiger partial charge in [-0.05, 0) is 19.5 Å². The molecule has 5 nitrogen and oxygen atoms in total. The number of hydrogen-bond donors (Lipinski definition) is 1. The number of anilines is 1. The fourth-order valence-corrected chi connectivity index (χ4v) is 1.81. The van der Waals surface area contributed by atoms with Crippen LogP contribution in [-0.4, -0.2) is 28.5 Å². The van der Waals surface area contributed by atoms with Crippen LogP contribution >= 0.6 is 0 Å². The zero-order valence-corrected chi connectivity index (χ0v) is 11.5. The van der Waals surface area contributed by atoms with E-state index in [0.717, 1.165) is 43.1 Å². The van der Waals surface area contributed by atoms with E-state index in [1.807, 2.05) is 12.3 Å². The molecular formula is C14H20N4O. The van der Waals surface area contributed by atoms with E-state index in [9.17, 15) is 0 Å². The molecule has 2 aromatic heterocycles. The fraction of sp³-hybridized carbons (Fsp3) is 0.429. The molecule has 0 saturated heterocycles. The average Bonchev–Trinajstić information content (AvgIpc) is 2.90. The number of furan rings is 1. The number of aromatic nitrogens is 2. The molecule has 0 fully saturated rings. The largest absolute Gasteiger partial charge is 0.472 e. The van der Waals surface area contributed by atoms with E-state index < -0.39 is 0 Å². The monoisotopic (exact) mass is 260 g/mol. The lowest BCUT2D eigenvalue weighted by atomic mass is 10.3. The lowest BCUT2D eigenvalue weighted by Crippen LogP contribution is -2.18. The predicted octanol–water partition coefficient (Wildman–Crippen LogP) is 2.52. The molecule has 19 heavy (non-hydrogen) atoms. The third-order valence-electron chi connectivity index (χ3n) is 2.73. The molecule has 2 rings (SSSR count). The van der Waals surface area contributed by atoms with E-state index in [0.29, 0.717) is 0 Å². The fourth-order valence-electron chi connectivity index (χ4n) is 1.81. The summed E-state index contributed by atoms with van der Waals surface area (Å²) in [7, 11) is 2.05. The SMILES string of the molecule is CCCNc1cnc(CN(C)Cc2ccoc2)cn1. The highest BCUT2D eigenvalue weighted by Crippen LogP contribution is 2.07. The van der Waals surface area contributed by atoms with Gasteiger partial charge in [0.25, 0.3) is 0 Å². The maximum atomic E-state index is 5.06. The van der Waals surface area contributed by atoms with Crippen LogP contribution in [0.3, 0.4) is 0 Å². The van der Waals surface area contributed by atoms with Gasteiger partial charge >= 0.3 is 0 Å². The Morgan fingerprint density at radius 3 is 2.79 bits per heavy atom. The molecule has 102 valence electrons. The molecule has 0 bridgehead atoms.